The molecule has 2 aromatic heterocycles. The van der Waals surface area contributed by atoms with E-state index >= 15 is 4.57 Å². The lowest BCUT2D eigenvalue weighted by Gasteiger charge is -2.21. The zero-order chi connectivity index (χ0) is 31.1. The molecule has 10 aromatic rings. The number of hydrogen-bond donors (Lipinski definition) is 0. The Balaban J connectivity index is 1.34. The first-order chi connectivity index (χ1) is 23.2. The molecule has 0 unspecified atom stereocenters. The van der Waals surface area contributed by atoms with Crippen LogP contribution in [0, 0.1) is 0 Å². The molecule has 0 spiro atoms. The highest BCUT2D eigenvalue weighted by atomic mass is 31.2. The topological polar surface area (TPSA) is 34.4 Å². The third-order valence-corrected chi connectivity index (χ3v) is 12.8. The number of nitrogens with zero attached hydrogens (tertiary/aromatic N) is 2. The van der Waals surface area contributed by atoms with Crippen LogP contribution in [0.25, 0.3) is 70.7 Å². The van der Waals surface area contributed by atoms with Crippen molar-refractivity contribution in [2.24, 2.45) is 0 Å². The molecule has 47 heavy (non-hydrogen) atoms. The average Bonchev–Trinajstić information content (AvgIpc) is 3.53. The van der Waals surface area contributed by atoms with Crippen LogP contribution >= 0.6 is 7.14 Å². The lowest BCUT2D eigenvalue weighted by atomic mass is 10.0. The van der Waals surface area contributed by atoms with Crippen molar-refractivity contribution in [1.82, 2.24) is 9.38 Å². The highest BCUT2D eigenvalue weighted by molar-refractivity contribution is 7.85. The van der Waals surface area contributed by atoms with Crippen LogP contribution in [-0.4, -0.2) is 9.38 Å². The summed E-state index contributed by atoms with van der Waals surface area (Å²) in [5.74, 6) is 0. The molecule has 0 radical (unpaired) electrons. The Morgan fingerprint density at radius 3 is 1.62 bits per heavy atom. The molecule has 0 saturated carbocycles. The zero-order valence-corrected chi connectivity index (χ0v) is 26.2. The van der Waals surface area contributed by atoms with Crippen molar-refractivity contribution >= 4 is 93.7 Å². The minimum Gasteiger partial charge on any atom is -0.309 e. The van der Waals surface area contributed by atoms with Gasteiger partial charge in [0.1, 0.15) is 5.65 Å². The minimum atomic E-state index is -3.34. The Morgan fingerprint density at radius 1 is 0.426 bits per heavy atom. The van der Waals surface area contributed by atoms with Crippen molar-refractivity contribution in [3.63, 3.8) is 0 Å². The van der Waals surface area contributed by atoms with Gasteiger partial charge in [0.15, 0.2) is 7.14 Å². The molecule has 0 saturated heterocycles. The fourth-order valence-corrected chi connectivity index (χ4v) is 10.2. The van der Waals surface area contributed by atoms with E-state index in [1.165, 1.54) is 16.2 Å². The summed E-state index contributed by atoms with van der Waals surface area (Å²) < 4.78 is 18.4. The second-order valence-electron chi connectivity index (χ2n) is 12.3. The lowest BCUT2D eigenvalue weighted by molar-refractivity contribution is 0.592. The summed E-state index contributed by atoms with van der Waals surface area (Å²) in [5.41, 5.74) is 3.85. The van der Waals surface area contributed by atoms with E-state index < -0.39 is 7.14 Å². The molecule has 0 N–H and O–H groups in total. The normalized spacial score (nSPS) is 12.3. The SMILES string of the molecule is O=P(c1ccc2ccccc2c1)(c1ccc2ccccc2c1)c1ccc2nc3c4ccccc4c4ccc5ccccc5c4n3c2c1. The van der Waals surface area contributed by atoms with Crippen molar-refractivity contribution in [2.75, 3.05) is 0 Å². The summed E-state index contributed by atoms with van der Waals surface area (Å²) >= 11 is 0. The third-order valence-electron chi connectivity index (χ3n) is 9.78. The maximum atomic E-state index is 16.1. The molecule has 10 rings (SSSR count). The Morgan fingerprint density at radius 2 is 0.936 bits per heavy atom. The van der Waals surface area contributed by atoms with Crippen LogP contribution in [0.3, 0.4) is 0 Å². The van der Waals surface area contributed by atoms with E-state index in [1.807, 2.05) is 42.5 Å². The number of fused-ring (bicyclic) bond motifs is 12. The van der Waals surface area contributed by atoms with Crippen LogP contribution in [0.15, 0.2) is 164 Å². The largest absolute Gasteiger partial charge is 0.309 e. The smallest absolute Gasteiger partial charge is 0.171 e. The van der Waals surface area contributed by atoms with Gasteiger partial charge in [-0.1, -0.05) is 133 Å². The fourth-order valence-electron chi connectivity index (χ4n) is 7.49. The number of aromatic nitrogens is 2. The molecule has 4 heteroatoms. The molecule has 0 fully saturated rings. The van der Waals surface area contributed by atoms with Crippen LogP contribution in [0.5, 0.6) is 0 Å². The van der Waals surface area contributed by atoms with Crippen LogP contribution < -0.4 is 15.9 Å². The van der Waals surface area contributed by atoms with Gasteiger partial charge in [0.2, 0.25) is 0 Å². The summed E-state index contributed by atoms with van der Waals surface area (Å²) in [6.07, 6.45) is 0. The molecule has 8 aromatic carbocycles. The molecule has 0 aliphatic rings. The Hall–Kier alpha value is -5.76. The molecule has 3 nitrogen and oxygen atoms in total. The van der Waals surface area contributed by atoms with Gasteiger partial charge in [-0.2, -0.15) is 0 Å². The highest BCUT2D eigenvalue weighted by Gasteiger charge is 2.31. The van der Waals surface area contributed by atoms with Gasteiger partial charge in [0.25, 0.3) is 0 Å². The molecule has 220 valence electrons. The second-order valence-corrected chi connectivity index (χ2v) is 15.1. The van der Waals surface area contributed by atoms with E-state index in [4.69, 9.17) is 4.98 Å². The third kappa shape index (κ3) is 3.81. The van der Waals surface area contributed by atoms with Crippen molar-refractivity contribution in [1.29, 1.82) is 0 Å². The zero-order valence-electron chi connectivity index (χ0n) is 25.3. The number of rotatable bonds is 3. The molecule has 0 atom stereocenters. The Kier molecular flexibility index (Phi) is 5.55. The molecule has 0 amide bonds. The monoisotopic (exact) mass is 618 g/mol. The molecule has 0 aliphatic heterocycles. The molecule has 0 bridgehead atoms. The highest BCUT2D eigenvalue weighted by Crippen LogP contribution is 2.45. The summed E-state index contributed by atoms with van der Waals surface area (Å²) in [6.45, 7) is 0. The van der Waals surface area contributed by atoms with Crippen LogP contribution in [-0.2, 0) is 4.57 Å². The molecular formula is C43H27N2OP. The van der Waals surface area contributed by atoms with Gasteiger partial charge in [-0.3, -0.25) is 4.40 Å². The molecule has 2 heterocycles. The second kappa shape index (κ2) is 9.87. The standard InChI is InChI=1S/C43H27N2OP/c46-47(33-20-17-28-9-1-3-12-31(28)25-33,34-21-18-29-10-2-4-13-32(29)26-34)35-22-24-40-41(27-35)45-42-36-14-6-5-11-30(36)19-23-38(42)37-15-7-8-16-39(37)43(45)44-40/h1-27H. The number of hydrogen-bond acceptors (Lipinski definition) is 2. The van der Waals surface area contributed by atoms with E-state index in [0.717, 1.165) is 70.4 Å². The first-order valence-electron chi connectivity index (χ1n) is 15.9. The minimum absolute atomic E-state index is 0.791. The van der Waals surface area contributed by atoms with Crippen LogP contribution in [0.2, 0.25) is 0 Å². The van der Waals surface area contributed by atoms with E-state index in [-0.39, 0.29) is 0 Å². The maximum absolute atomic E-state index is 16.1. The van der Waals surface area contributed by atoms with Crippen molar-refractivity contribution < 1.29 is 4.57 Å². The van der Waals surface area contributed by atoms with Crippen molar-refractivity contribution in [3.8, 4) is 0 Å². The number of imidazole rings is 1. The Bertz CT molecular complexity index is 2870. The fraction of sp³-hybridized carbons (Fsp3) is 0. The summed E-state index contributed by atoms with van der Waals surface area (Å²) in [4.78, 5) is 5.22. The maximum Gasteiger partial charge on any atom is 0.171 e. The van der Waals surface area contributed by atoms with Gasteiger partial charge in [0, 0.05) is 32.1 Å². The van der Waals surface area contributed by atoms with Gasteiger partial charge in [-0.15, -0.1) is 0 Å². The first kappa shape index (κ1) is 26.5. The van der Waals surface area contributed by atoms with E-state index in [2.05, 4.69) is 126 Å². The first-order valence-corrected chi connectivity index (χ1v) is 17.6. The quantitative estimate of drug-likeness (QED) is 0.146. The van der Waals surface area contributed by atoms with Gasteiger partial charge in [0.05, 0.1) is 16.6 Å². The van der Waals surface area contributed by atoms with Gasteiger partial charge in [-0.05, 0) is 62.6 Å². The van der Waals surface area contributed by atoms with E-state index in [1.54, 1.807) is 0 Å². The van der Waals surface area contributed by atoms with Crippen LogP contribution in [0.1, 0.15) is 0 Å². The summed E-state index contributed by atoms with van der Waals surface area (Å²) in [7, 11) is -3.34. The predicted molar refractivity (Wildman–Crippen MR) is 200 cm³/mol. The molecular weight excluding hydrogens is 591 g/mol. The predicted octanol–water partition coefficient (Wildman–Crippen LogP) is 9.89. The Labute approximate surface area is 270 Å². The summed E-state index contributed by atoms with van der Waals surface area (Å²) in [6, 6.07) is 56.8. The lowest BCUT2D eigenvalue weighted by Crippen LogP contribution is -2.25. The van der Waals surface area contributed by atoms with E-state index in [9.17, 15) is 0 Å². The molecule has 0 aliphatic carbocycles. The van der Waals surface area contributed by atoms with Crippen molar-refractivity contribution in [3.05, 3.63) is 164 Å². The van der Waals surface area contributed by atoms with Crippen LogP contribution in [0.4, 0.5) is 0 Å². The van der Waals surface area contributed by atoms with Crippen molar-refractivity contribution in [2.45, 2.75) is 0 Å². The average molecular weight is 619 g/mol. The van der Waals surface area contributed by atoms with E-state index in [0.29, 0.717) is 0 Å². The van der Waals surface area contributed by atoms with Gasteiger partial charge >= 0.3 is 0 Å². The number of benzene rings is 8. The van der Waals surface area contributed by atoms with Gasteiger partial charge in [-0.25, -0.2) is 4.98 Å². The number of pyridine rings is 1. The van der Waals surface area contributed by atoms with Gasteiger partial charge < -0.3 is 4.57 Å². The summed E-state index contributed by atoms with van der Waals surface area (Å²) in [5, 5.41) is 12.6.